The molecular formula is C13H26N2O5. The van der Waals surface area contributed by atoms with Gasteiger partial charge in [0.1, 0.15) is 6.04 Å². The van der Waals surface area contributed by atoms with Crippen LogP contribution in [-0.2, 0) is 19.0 Å². The molecule has 0 aliphatic carbocycles. The minimum absolute atomic E-state index is 0.239. The number of esters is 1. The molecule has 0 aromatic carbocycles. The van der Waals surface area contributed by atoms with E-state index in [1.165, 1.54) is 0 Å². The molecule has 7 nitrogen and oxygen atoms in total. The second-order valence-corrected chi connectivity index (χ2v) is 4.69. The lowest BCUT2D eigenvalue weighted by molar-refractivity contribution is -0.151. The van der Waals surface area contributed by atoms with E-state index in [9.17, 15) is 9.90 Å². The van der Waals surface area contributed by atoms with Gasteiger partial charge in [0.05, 0.1) is 32.5 Å². The van der Waals surface area contributed by atoms with Gasteiger partial charge in [-0.15, -0.1) is 0 Å². The molecule has 1 aliphatic rings. The minimum Gasteiger partial charge on any atom is -0.465 e. The van der Waals surface area contributed by atoms with Crippen molar-refractivity contribution in [3.8, 4) is 0 Å². The third-order valence-electron chi connectivity index (χ3n) is 3.10. The van der Waals surface area contributed by atoms with Crippen LogP contribution in [0.3, 0.4) is 0 Å². The highest BCUT2D eigenvalue weighted by molar-refractivity contribution is 5.76. The standard InChI is InChI=1S/C13H26N2O5/c1-3-20-13(17)12-8-14-4-5-15(12)9-11(16)10-19-7-6-18-2/h11-12,14,16H,3-10H2,1-2H3. The molecule has 2 atom stereocenters. The Balaban J connectivity index is 2.35. The van der Waals surface area contributed by atoms with Crippen molar-refractivity contribution in [3.05, 3.63) is 0 Å². The highest BCUT2D eigenvalue weighted by Crippen LogP contribution is 2.07. The monoisotopic (exact) mass is 290 g/mol. The van der Waals surface area contributed by atoms with E-state index in [1.807, 2.05) is 4.90 Å². The molecule has 0 saturated carbocycles. The zero-order valence-electron chi connectivity index (χ0n) is 12.3. The number of hydrogen-bond acceptors (Lipinski definition) is 7. The van der Waals surface area contributed by atoms with Gasteiger partial charge in [0.2, 0.25) is 0 Å². The van der Waals surface area contributed by atoms with Crippen molar-refractivity contribution in [3.63, 3.8) is 0 Å². The molecular weight excluding hydrogens is 264 g/mol. The molecule has 0 aromatic rings. The van der Waals surface area contributed by atoms with Crippen LogP contribution in [0.5, 0.6) is 0 Å². The quantitative estimate of drug-likeness (QED) is 0.410. The number of β-amino-alcohol motifs (C(OH)–C–C–N with tert-alkyl or cyclic N) is 1. The number of aliphatic hydroxyl groups is 1. The van der Waals surface area contributed by atoms with Crippen LogP contribution in [0.4, 0.5) is 0 Å². The first-order valence-electron chi connectivity index (χ1n) is 7.05. The van der Waals surface area contributed by atoms with Gasteiger partial charge in [0.15, 0.2) is 0 Å². The molecule has 118 valence electrons. The van der Waals surface area contributed by atoms with Gasteiger partial charge in [-0.25, -0.2) is 0 Å². The summed E-state index contributed by atoms with van der Waals surface area (Å²) in [5.74, 6) is -0.243. The summed E-state index contributed by atoms with van der Waals surface area (Å²) in [6, 6.07) is -0.336. The Morgan fingerprint density at radius 1 is 1.50 bits per heavy atom. The number of carbonyl (C=O) groups excluding carboxylic acids is 1. The molecule has 1 saturated heterocycles. The molecule has 0 spiro atoms. The van der Waals surface area contributed by atoms with Crippen molar-refractivity contribution < 1.29 is 24.1 Å². The molecule has 1 fully saturated rings. The summed E-state index contributed by atoms with van der Waals surface area (Å²) >= 11 is 0. The van der Waals surface area contributed by atoms with E-state index in [1.54, 1.807) is 14.0 Å². The fourth-order valence-corrected chi connectivity index (χ4v) is 2.12. The van der Waals surface area contributed by atoms with Gasteiger partial charge in [-0.05, 0) is 6.92 Å². The lowest BCUT2D eigenvalue weighted by atomic mass is 10.1. The number of methoxy groups -OCH3 is 1. The summed E-state index contributed by atoms with van der Waals surface area (Å²) in [5, 5.41) is 13.1. The molecule has 0 aromatic heterocycles. The summed E-state index contributed by atoms with van der Waals surface area (Å²) in [6.07, 6.45) is -0.623. The van der Waals surface area contributed by atoms with E-state index >= 15 is 0 Å². The first kappa shape index (κ1) is 17.3. The van der Waals surface area contributed by atoms with Gasteiger partial charge >= 0.3 is 5.97 Å². The van der Waals surface area contributed by atoms with Crippen LogP contribution < -0.4 is 5.32 Å². The Kier molecular flexibility index (Phi) is 8.72. The fourth-order valence-electron chi connectivity index (χ4n) is 2.12. The Labute approximate surface area is 120 Å². The average Bonchev–Trinajstić information content (AvgIpc) is 2.44. The SMILES string of the molecule is CCOC(=O)C1CNCCN1CC(O)COCCOC. The molecule has 1 aliphatic heterocycles. The number of nitrogens with zero attached hydrogens (tertiary/aromatic N) is 1. The van der Waals surface area contributed by atoms with Gasteiger partial charge < -0.3 is 24.6 Å². The summed E-state index contributed by atoms with van der Waals surface area (Å²) in [6.45, 7) is 5.81. The molecule has 0 bridgehead atoms. The maximum absolute atomic E-state index is 11.9. The number of hydrogen-bond donors (Lipinski definition) is 2. The van der Waals surface area contributed by atoms with Crippen LogP contribution in [0.1, 0.15) is 6.92 Å². The minimum atomic E-state index is -0.623. The van der Waals surface area contributed by atoms with Crippen molar-refractivity contribution in [2.45, 2.75) is 19.1 Å². The van der Waals surface area contributed by atoms with Crippen molar-refractivity contribution in [1.29, 1.82) is 0 Å². The van der Waals surface area contributed by atoms with Crippen LogP contribution in [0.2, 0.25) is 0 Å². The van der Waals surface area contributed by atoms with Crippen LogP contribution in [0, 0.1) is 0 Å². The van der Waals surface area contributed by atoms with E-state index in [0.29, 0.717) is 39.5 Å². The summed E-state index contributed by atoms with van der Waals surface area (Å²) in [7, 11) is 1.60. The zero-order valence-corrected chi connectivity index (χ0v) is 12.3. The normalized spacial score (nSPS) is 21.6. The van der Waals surface area contributed by atoms with Crippen molar-refractivity contribution in [2.75, 3.05) is 59.7 Å². The molecule has 2 N–H and O–H groups in total. The predicted molar refractivity (Wildman–Crippen MR) is 73.6 cm³/mol. The van der Waals surface area contributed by atoms with E-state index in [-0.39, 0.29) is 18.6 Å². The summed E-state index contributed by atoms with van der Waals surface area (Å²) in [5.41, 5.74) is 0. The first-order valence-corrected chi connectivity index (χ1v) is 7.05. The number of rotatable bonds is 9. The largest absolute Gasteiger partial charge is 0.465 e. The molecule has 20 heavy (non-hydrogen) atoms. The van der Waals surface area contributed by atoms with E-state index in [4.69, 9.17) is 14.2 Å². The Bertz CT molecular complexity index is 277. The number of aliphatic hydroxyl groups excluding tert-OH is 1. The third kappa shape index (κ3) is 6.15. The maximum atomic E-state index is 11.9. The van der Waals surface area contributed by atoms with E-state index < -0.39 is 6.10 Å². The molecule has 0 amide bonds. The number of ether oxygens (including phenoxy) is 3. The molecule has 1 rings (SSSR count). The van der Waals surface area contributed by atoms with Crippen molar-refractivity contribution in [1.82, 2.24) is 10.2 Å². The average molecular weight is 290 g/mol. The topological polar surface area (TPSA) is 80.3 Å². The van der Waals surface area contributed by atoms with Gasteiger partial charge in [-0.2, -0.15) is 0 Å². The first-order chi connectivity index (χ1) is 9.69. The fraction of sp³-hybridized carbons (Fsp3) is 0.923. The second kappa shape index (κ2) is 10.1. The molecule has 2 unspecified atom stereocenters. The van der Waals surface area contributed by atoms with Gasteiger partial charge in [0.25, 0.3) is 0 Å². The number of nitrogens with one attached hydrogen (secondary N) is 1. The van der Waals surface area contributed by atoms with Crippen molar-refractivity contribution >= 4 is 5.97 Å². The van der Waals surface area contributed by atoms with E-state index in [0.717, 1.165) is 6.54 Å². The highest BCUT2D eigenvalue weighted by Gasteiger charge is 2.30. The van der Waals surface area contributed by atoms with Gasteiger partial charge in [-0.3, -0.25) is 9.69 Å². The zero-order chi connectivity index (χ0) is 14.8. The van der Waals surface area contributed by atoms with Crippen LogP contribution in [-0.4, -0.2) is 87.8 Å². The summed E-state index contributed by atoms with van der Waals surface area (Å²) < 4.78 is 15.2. The Hall–Kier alpha value is -0.730. The number of carbonyl (C=O) groups is 1. The van der Waals surface area contributed by atoms with Gasteiger partial charge in [0, 0.05) is 33.3 Å². The predicted octanol–water partition coefficient (Wildman–Crippen LogP) is -1.15. The molecule has 1 heterocycles. The van der Waals surface area contributed by atoms with Crippen LogP contribution >= 0.6 is 0 Å². The highest BCUT2D eigenvalue weighted by atomic mass is 16.5. The summed E-state index contributed by atoms with van der Waals surface area (Å²) in [4.78, 5) is 13.8. The van der Waals surface area contributed by atoms with Crippen LogP contribution in [0.15, 0.2) is 0 Å². The van der Waals surface area contributed by atoms with Gasteiger partial charge in [-0.1, -0.05) is 0 Å². The lowest BCUT2D eigenvalue weighted by Crippen LogP contribution is -2.57. The Morgan fingerprint density at radius 2 is 2.30 bits per heavy atom. The lowest BCUT2D eigenvalue weighted by Gasteiger charge is -2.35. The Morgan fingerprint density at radius 3 is 3.00 bits per heavy atom. The smallest absolute Gasteiger partial charge is 0.324 e. The molecule has 7 heteroatoms. The number of piperazine rings is 1. The second-order valence-electron chi connectivity index (χ2n) is 4.69. The third-order valence-corrected chi connectivity index (χ3v) is 3.10. The van der Waals surface area contributed by atoms with E-state index in [2.05, 4.69) is 5.32 Å². The van der Waals surface area contributed by atoms with Crippen molar-refractivity contribution in [2.24, 2.45) is 0 Å². The maximum Gasteiger partial charge on any atom is 0.324 e. The molecule has 0 radical (unpaired) electrons. The van der Waals surface area contributed by atoms with Crippen LogP contribution in [0.25, 0.3) is 0 Å².